The van der Waals surface area contributed by atoms with E-state index in [9.17, 15) is 9.90 Å². The molecule has 0 aliphatic heterocycles. The molecule has 0 atom stereocenters. The van der Waals surface area contributed by atoms with Crippen molar-refractivity contribution in [3.63, 3.8) is 0 Å². The highest BCUT2D eigenvalue weighted by Gasteiger charge is 2.08. The molecule has 0 fully saturated rings. The van der Waals surface area contributed by atoms with Crippen LogP contribution in [-0.2, 0) is 6.54 Å². The Morgan fingerprint density at radius 1 is 1.37 bits per heavy atom. The number of thioether (sulfide) groups is 1. The lowest BCUT2D eigenvalue weighted by atomic mass is 10.2. The number of ether oxygens (including phenoxy) is 1. The van der Waals surface area contributed by atoms with Crippen molar-refractivity contribution in [2.24, 2.45) is 0 Å². The molecule has 0 aliphatic rings. The van der Waals surface area contributed by atoms with E-state index in [4.69, 9.17) is 4.74 Å². The van der Waals surface area contributed by atoms with E-state index in [1.165, 1.54) is 16.3 Å². The molecule has 0 unspecified atom stereocenters. The number of nitrogens with zero attached hydrogens (tertiary/aromatic N) is 2. The maximum absolute atomic E-state index is 11.9. The fourth-order valence-electron chi connectivity index (χ4n) is 1.69. The summed E-state index contributed by atoms with van der Waals surface area (Å²) in [5.74, 6) is 0.519. The summed E-state index contributed by atoms with van der Waals surface area (Å²) < 4.78 is 6.61. The molecule has 1 aromatic carbocycles. The van der Waals surface area contributed by atoms with Crippen LogP contribution in [0.4, 0.5) is 0 Å². The number of aromatic nitrogens is 2. The van der Waals surface area contributed by atoms with Gasteiger partial charge in [-0.2, -0.15) is 4.98 Å². The highest BCUT2D eigenvalue weighted by Crippen LogP contribution is 2.16. The van der Waals surface area contributed by atoms with E-state index in [-0.39, 0.29) is 11.4 Å². The van der Waals surface area contributed by atoms with Crippen LogP contribution < -0.4 is 10.3 Å². The van der Waals surface area contributed by atoms with Crippen molar-refractivity contribution in [2.75, 3.05) is 13.4 Å². The summed E-state index contributed by atoms with van der Waals surface area (Å²) in [6.07, 6.45) is 1.81. The molecule has 100 valence electrons. The zero-order valence-corrected chi connectivity index (χ0v) is 11.5. The third-order valence-electron chi connectivity index (χ3n) is 2.64. The molecular weight excluding hydrogens is 264 g/mol. The lowest BCUT2D eigenvalue weighted by Gasteiger charge is -2.10. The summed E-state index contributed by atoms with van der Waals surface area (Å²) in [4.78, 5) is 15.8. The number of rotatable bonds is 4. The zero-order chi connectivity index (χ0) is 13.8. The first kappa shape index (κ1) is 13.5. The molecule has 0 bridgehead atoms. The Morgan fingerprint density at radius 3 is 2.63 bits per heavy atom. The van der Waals surface area contributed by atoms with Crippen LogP contribution in [0.2, 0.25) is 0 Å². The van der Waals surface area contributed by atoms with Crippen LogP contribution in [0.15, 0.2) is 40.3 Å². The van der Waals surface area contributed by atoms with Gasteiger partial charge in [-0.3, -0.25) is 9.36 Å². The van der Waals surface area contributed by atoms with Gasteiger partial charge in [-0.25, -0.2) is 0 Å². The van der Waals surface area contributed by atoms with Crippen molar-refractivity contribution >= 4 is 11.8 Å². The van der Waals surface area contributed by atoms with Gasteiger partial charge in [0.25, 0.3) is 5.56 Å². The average Bonchev–Trinajstić information content (AvgIpc) is 2.42. The number of hydrogen-bond donors (Lipinski definition) is 1. The summed E-state index contributed by atoms with van der Waals surface area (Å²) in [6, 6.07) is 8.58. The van der Waals surface area contributed by atoms with E-state index in [0.717, 1.165) is 17.4 Å². The first-order valence-corrected chi connectivity index (χ1v) is 6.84. The van der Waals surface area contributed by atoms with Gasteiger partial charge in [-0.15, -0.1) is 0 Å². The molecule has 0 saturated carbocycles. The average molecular weight is 278 g/mol. The van der Waals surface area contributed by atoms with Crippen LogP contribution in [0, 0.1) is 0 Å². The maximum atomic E-state index is 11.9. The number of methoxy groups -OCH3 is 1. The summed E-state index contributed by atoms with van der Waals surface area (Å²) in [7, 11) is 1.61. The topological polar surface area (TPSA) is 64.3 Å². The minimum absolute atomic E-state index is 0.250. The summed E-state index contributed by atoms with van der Waals surface area (Å²) >= 11 is 1.32. The molecule has 0 radical (unpaired) electrons. The second-order valence-corrected chi connectivity index (χ2v) is 4.65. The fourth-order valence-corrected chi connectivity index (χ4v) is 2.25. The van der Waals surface area contributed by atoms with Crippen molar-refractivity contribution < 1.29 is 9.84 Å². The minimum atomic E-state index is -0.271. The third kappa shape index (κ3) is 3.08. The Labute approximate surface area is 114 Å². The van der Waals surface area contributed by atoms with Crippen LogP contribution in [0.25, 0.3) is 0 Å². The lowest BCUT2D eigenvalue weighted by molar-refractivity contribution is 0.414. The summed E-state index contributed by atoms with van der Waals surface area (Å²) in [5.41, 5.74) is 0.693. The number of benzene rings is 1. The third-order valence-corrected chi connectivity index (χ3v) is 3.32. The van der Waals surface area contributed by atoms with Gasteiger partial charge in [0.15, 0.2) is 5.16 Å². The molecule has 0 aliphatic carbocycles. The monoisotopic (exact) mass is 278 g/mol. The largest absolute Gasteiger partial charge is 0.497 e. The van der Waals surface area contributed by atoms with Crippen molar-refractivity contribution in [1.29, 1.82) is 0 Å². The molecule has 2 aromatic rings. The molecule has 19 heavy (non-hydrogen) atoms. The smallest absolute Gasteiger partial charge is 0.258 e. The quantitative estimate of drug-likeness (QED) is 0.681. The Balaban J connectivity index is 2.34. The fraction of sp³-hybridized carbons (Fsp3) is 0.231. The standard InChI is InChI=1S/C13H14N2O3S/c1-18-10-5-3-9(4-6-10)8-15-12(17)7-11(16)14-13(15)19-2/h3-7,16H,8H2,1-2H3. The Kier molecular flexibility index (Phi) is 4.11. The molecule has 1 heterocycles. The van der Waals surface area contributed by atoms with Crippen molar-refractivity contribution in [3.05, 3.63) is 46.2 Å². The molecule has 2 rings (SSSR count). The van der Waals surface area contributed by atoms with Gasteiger partial charge in [0.05, 0.1) is 19.7 Å². The first-order chi connectivity index (χ1) is 9.13. The van der Waals surface area contributed by atoms with E-state index >= 15 is 0 Å². The van der Waals surface area contributed by atoms with Crippen LogP contribution >= 0.6 is 11.8 Å². The van der Waals surface area contributed by atoms with Crippen LogP contribution in [0.1, 0.15) is 5.56 Å². The highest BCUT2D eigenvalue weighted by molar-refractivity contribution is 7.98. The molecular formula is C13H14N2O3S. The predicted octanol–water partition coefficient (Wildman–Crippen LogP) is 1.73. The molecule has 6 heteroatoms. The summed E-state index contributed by atoms with van der Waals surface area (Å²) in [6.45, 7) is 0.409. The van der Waals surface area contributed by atoms with Gasteiger partial charge in [0.2, 0.25) is 5.88 Å². The Bertz CT molecular complexity index is 623. The molecule has 0 saturated heterocycles. The SMILES string of the molecule is COc1ccc(Cn2c(SC)nc(O)cc2=O)cc1. The van der Waals surface area contributed by atoms with Gasteiger partial charge in [-0.1, -0.05) is 23.9 Å². The van der Waals surface area contributed by atoms with Gasteiger partial charge in [-0.05, 0) is 24.0 Å². The van der Waals surface area contributed by atoms with Crippen molar-refractivity contribution in [3.8, 4) is 11.6 Å². The lowest BCUT2D eigenvalue weighted by Crippen LogP contribution is -2.22. The first-order valence-electron chi connectivity index (χ1n) is 5.62. The zero-order valence-electron chi connectivity index (χ0n) is 10.7. The van der Waals surface area contributed by atoms with E-state index in [1.54, 1.807) is 7.11 Å². The highest BCUT2D eigenvalue weighted by atomic mass is 32.2. The second kappa shape index (κ2) is 5.79. The van der Waals surface area contributed by atoms with Gasteiger partial charge in [0.1, 0.15) is 5.75 Å². The van der Waals surface area contributed by atoms with Crippen molar-refractivity contribution in [2.45, 2.75) is 11.7 Å². The molecule has 1 N–H and O–H groups in total. The Morgan fingerprint density at radius 2 is 2.05 bits per heavy atom. The van der Waals surface area contributed by atoms with Crippen LogP contribution in [0.3, 0.4) is 0 Å². The second-order valence-electron chi connectivity index (χ2n) is 3.87. The molecule has 1 aromatic heterocycles. The van der Waals surface area contributed by atoms with E-state index in [0.29, 0.717) is 11.7 Å². The van der Waals surface area contributed by atoms with Gasteiger partial charge < -0.3 is 9.84 Å². The van der Waals surface area contributed by atoms with Crippen LogP contribution in [0.5, 0.6) is 11.6 Å². The molecule has 5 nitrogen and oxygen atoms in total. The van der Waals surface area contributed by atoms with Crippen LogP contribution in [-0.4, -0.2) is 28.0 Å². The van der Waals surface area contributed by atoms with Gasteiger partial charge in [0, 0.05) is 0 Å². The van der Waals surface area contributed by atoms with E-state index < -0.39 is 0 Å². The summed E-state index contributed by atoms with van der Waals surface area (Å²) in [5, 5.41) is 9.82. The normalized spacial score (nSPS) is 10.4. The van der Waals surface area contributed by atoms with Gasteiger partial charge >= 0.3 is 0 Å². The van der Waals surface area contributed by atoms with E-state index in [1.807, 2.05) is 30.5 Å². The molecule has 0 spiro atoms. The Hall–Kier alpha value is -1.95. The number of hydrogen-bond acceptors (Lipinski definition) is 5. The predicted molar refractivity (Wildman–Crippen MR) is 74.0 cm³/mol. The van der Waals surface area contributed by atoms with E-state index in [2.05, 4.69) is 4.98 Å². The minimum Gasteiger partial charge on any atom is -0.497 e. The van der Waals surface area contributed by atoms with Crippen molar-refractivity contribution in [1.82, 2.24) is 9.55 Å². The number of aromatic hydroxyl groups is 1. The maximum Gasteiger partial charge on any atom is 0.258 e. The molecule has 0 amide bonds.